The molecule has 122 valence electrons. The van der Waals surface area contributed by atoms with Crippen LogP contribution in [0.15, 0.2) is 53.9 Å². The highest BCUT2D eigenvalue weighted by Gasteiger charge is 2.09. The van der Waals surface area contributed by atoms with Gasteiger partial charge in [-0.05, 0) is 37.1 Å². The zero-order valence-electron chi connectivity index (χ0n) is 13.6. The number of carbonyl (C=O) groups excluding carboxylic acids is 1. The van der Waals surface area contributed by atoms with E-state index in [4.69, 9.17) is 4.74 Å². The molecule has 0 radical (unpaired) electrons. The van der Waals surface area contributed by atoms with E-state index in [0.29, 0.717) is 10.9 Å². The second kappa shape index (κ2) is 7.27. The highest BCUT2D eigenvalue weighted by Crippen LogP contribution is 2.24. The van der Waals surface area contributed by atoms with Crippen molar-refractivity contribution in [3.63, 3.8) is 0 Å². The van der Waals surface area contributed by atoms with Gasteiger partial charge in [0, 0.05) is 10.9 Å². The molecule has 0 aliphatic carbocycles. The van der Waals surface area contributed by atoms with E-state index < -0.39 is 0 Å². The molecule has 1 heterocycles. The van der Waals surface area contributed by atoms with E-state index >= 15 is 0 Å². The Hall–Kier alpha value is -2.66. The molecular weight excluding hydrogens is 320 g/mol. The lowest BCUT2D eigenvalue weighted by Crippen LogP contribution is -2.20. The van der Waals surface area contributed by atoms with E-state index in [1.807, 2.05) is 61.7 Å². The van der Waals surface area contributed by atoms with Crippen molar-refractivity contribution in [3.05, 3.63) is 65.0 Å². The van der Waals surface area contributed by atoms with Crippen LogP contribution in [0, 0.1) is 13.8 Å². The summed E-state index contributed by atoms with van der Waals surface area (Å²) in [5, 5.41) is 5.27. The first-order valence-corrected chi connectivity index (χ1v) is 8.50. The van der Waals surface area contributed by atoms with Crippen LogP contribution in [-0.4, -0.2) is 17.5 Å². The summed E-state index contributed by atoms with van der Waals surface area (Å²) in [6.07, 6.45) is 0. The molecule has 0 saturated carbocycles. The van der Waals surface area contributed by atoms with E-state index in [2.05, 4.69) is 16.4 Å². The summed E-state index contributed by atoms with van der Waals surface area (Å²) in [5.41, 5.74) is 4.10. The molecule has 0 saturated heterocycles. The fourth-order valence-corrected chi connectivity index (χ4v) is 3.13. The third-order valence-corrected chi connectivity index (χ3v) is 4.14. The average Bonchev–Trinajstić information content (AvgIpc) is 3.01. The largest absolute Gasteiger partial charge is 0.484 e. The Balaban J connectivity index is 1.58. The number of nitrogens with one attached hydrogen (secondary N) is 1. The van der Waals surface area contributed by atoms with E-state index in [0.717, 1.165) is 22.4 Å². The smallest absolute Gasteiger partial charge is 0.264 e. The van der Waals surface area contributed by atoms with Gasteiger partial charge in [-0.1, -0.05) is 36.4 Å². The number of thiazole rings is 1. The number of benzene rings is 2. The van der Waals surface area contributed by atoms with Crippen LogP contribution in [0.4, 0.5) is 5.13 Å². The topological polar surface area (TPSA) is 51.2 Å². The van der Waals surface area contributed by atoms with Gasteiger partial charge in [0.1, 0.15) is 5.75 Å². The number of amides is 1. The lowest BCUT2D eigenvalue weighted by Gasteiger charge is -2.07. The summed E-state index contributed by atoms with van der Waals surface area (Å²) in [6.45, 7) is 3.96. The molecule has 4 nitrogen and oxygen atoms in total. The Morgan fingerprint density at radius 1 is 1.12 bits per heavy atom. The standard InChI is InChI=1S/C19H18N2O2S/c1-13-8-14(2)10-16(9-13)23-11-18(22)21-19-20-17(12-24-19)15-6-4-3-5-7-15/h3-10,12H,11H2,1-2H3,(H,20,21,22). The highest BCUT2D eigenvalue weighted by atomic mass is 32.1. The van der Waals surface area contributed by atoms with Crippen molar-refractivity contribution in [2.24, 2.45) is 0 Å². The maximum atomic E-state index is 12.0. The van der Waals surface area contributed by atoms with Gasteiger partial charge in [0.2, 0.25) is 0 Å². The molecule has 0 spiro atoms. The normalized spacial score (nSPS) is 10.4. The van der Waals surface area contributed by atoms with Crippen LogP contribution in [0.3, 0.4) is 0 Å². The molecular formula is C19H18N2O2S. The number of carbonyl (C=O) groups is 1. The zero-order chi connectivity index (χ0) is 16.9. The lowest BCUT2D eigenvalue weighted by atomic mass is 10.1. The molecule has 1 aromatic heterocycles. The Kier molecular flexibility index (Phi) is 4.91. The summed E-state index contributed by atoms with van der Waals surface area (Å²) >= 11 is 1.40. The van der Waals surface area contributed by atoms with Crippen LogP contribution < -0.4 is 10.1 Å². The predicted octanol–water partition coefficient (Wildman–Crippen LogP) is 4.44. The van der Waals surface area contributed by atoms with Gasteiger partial charge in [0.15, 0.2) is 11.7 Å². The van der Waals surface area contributed by atoms with Gasteiger partial charge < -0.3 is 4.74 Å². The SMILES string of the molecule is Cc1cc(C)cc(OCC(=O)Nc2nc(-c3ccccc3)cs2)c1. The van der Waals surface area contributed by atoms with Crippen molar-refractivity contribution in [2.45, 2.75) is 13.8 Å². The van der Waals surface area contributed by atoms with Gasteiger partial charge >= 0.3 is 0 Å². The molecule has 0 aliphatic rings. The van der Waals surface area contributed by atoms with Crippen molar-refractivity contribution >= 4 is 22.4 Å². The fourth-order valence-electron chi connectivity index (χ4n) is 2.39. The second-order valence-corrected chi connectivity index (χ2v) is 6.42. The minimum absolute atomic E-state index is 0.0385. The monoisotopic (exact) mass is 338 g/mol. The van der Waals surface area contributed by atoms with Crippen molar-refractivity contribution in [3.8, 4) is 17.0 Å². The van der Waals surface area contributed by atoms with Crippen molar-refractivity contribution in [1.29, 1.82) is 0 Å². The van der Waals surface area contributed by atoms with Gasteiger partial charge in [-0.25, -0.2) is 4.98 Å². The number of aromatic nitrogens is 1. The van der Waals surface area contributed by atoms with Gasteiger partial charge in [-0.3, -0.25) is 10.1 Å². The first kappa shape index (κ1) is 16.2. The third kappa shape index (κ3) is 4.20. The van der Waals surface area contributed by atoms with Gasteiger partial charge in [0.05, 0.1) is 5.69 Å². The average molecular weight is 338 g/mol. The number of ether oxygens (including phenoxy) is 1. The molecule has 0 aliphatic heterocycles. The Bertz CT molecular complexity index is 823. The quantitative estimate of drug-likeness (QED) is 0.748. The molecule has 0 fully saturated rings. The fraction of sp³-hybridized carbons (Fsp3) is 0.158. The summed E-state index contributed by atoms with van der Waals surface area (Å²) in [6, 6.07) is 15.8. The zero-order valence-corrected chi connectivity index (χ0v) is 14.4. The number of aryl methyl sites for hydroxylation is 2. The van der Waals surface area contributed by atoms with Crippen LogP contribution in [0.5, 0.6) is 5.75 Å². The summed E-state index contributed by atoms with van der Waals surface area (Å²) in [5.74, 6) is 0.481. The molecule has 3 aromatic rings. The molecule has 24 heavy (non-hydrogen) atoms. The van der Waals surface area contributed by atoms with E-state index in [1.54, 1.807) is 0 Å². The summed E-state index contributed by atoms with van der Waals surface area (Å²) in [7, 11) is 0. The van der Waals surface area contributed by atoms with E-state index in [1.165, 1.54) is 11.3 Å². The Morgan fingerprint density at radius 3 is 2.54 bits per heavy atom. The molecule has 0 atom stereocenters. The molecule has 0 unspecified atom stereocenters. The first-order chi connectivity index (χ1) is 11.6. The highest BCUT2D eigenvalue weighted by molar-refractivity contribution is 7.14. The van der Waals surface area contributed by atoms with Crippen LogP contribution in [-0.2, 0) is 4.79 Å². The van der Waals surface area contributed by atoms with Gasteiger partial charge in [0.25, 0.3) is 5.91 Å². The maximum Gasteiger partial charge on any atom is 0.264 e. The van der Waals surface area contributed by atoms with E-state index in [9.17, 15) is 4.79 Å². The third-order valence-electron chi connectivity index (χ3n) is 3.39. The molecule has 1 N–H and O–H groups in total. The number of rotatable bonds is 5. The Morgan fingerprint density at radius 2 is 1.83 bits per heavy atom. The molecule has 2 aromatic carbocycles. The van der Waals surface area contributed by atoms with Crippen LogP contribution in [0.2, 0.25) is 0 Å². The Labute approximate surface area is 145 Å². The van der Waals surface area contributed by atoms with Crippen LogP contribution in [0.25, 0.3) is 11.3 Å². The first-order valence-electron chi connectivity index (χ1n) is 7.62. The van der Waals surface area contributed by atoms with Gasteiger partial charge in [-0.15, -0.1) is 11.3 Å². The molecule has 1 amide bonds. The second-order valence-electron chi connectivity index (χ2n) is 5.56. The number of hydrogen-bond donors (Lipinski definition) is 1. The number of nitrogens with zero attached hydrogens (tertiary/aromatic N) is 1. The molecule has 0 bridgehead atoms. The van der Waals surface area contributed by atoms with Crippen molar-refractivity contribution in [1.82, 2.24) is 4.98 Å². The number of hydrogen-bond acceptors (Lipinski definition) is 4. The van der Waals surface area contributed by atoms with Crippen molar-refractivity contribution < 1.29 is 9.53 Å². The molecule has 5 heteroatoms. The number of anilines is 1. The van der Waals surface area contributed by atoms with Crippen LogP contribution >= 0.6 is 11.3 Å². The van der Waals surface area contributed by atoms with E-state index in [-0.39, 0.29) is 12.5 Å². The molecule has 3 rings (SSSR count). The predicted molar refractivity (Wildman–Crippen MR) is 97.6 cm³/mol. The minimum Gasteiger partial charge on any atom is -0.484 e. The maximum absolute atomic E-state index is 12.0. The summed E-state index contributed by atoms with van der Waals surface area (Å²) < 4.78 is 5.56. The van der Waals surface area contributed by atoms with Crippen LogP contribution in [0.1, 0.15) is 11.1 Å². The van der Waals surface area contributed by atoms with Crippen molar-refractivity contribution in [2.75, 3.05) is 11.9 Å². The van der Waals surface area contributed by atoms with Gasteiger partial charge in [-0.2, -0.15) is 0 Å². The minimum atomic E-state index is -0.219. The lowest BCUT2D eigenvalue weighted by molar-refractivity contribution is -0.118. The summed E-state index contributed by atoms with van der Waals surface area (Å²) in [4.78, 5) is 16.5.